The van der Waals surface area contributed by atoms with Gasteiger partial charge in [0.25, 0.3) is 0 Å². The monoisotopic (exact) mass is 424 g/mol. The highest BCUT2D eigenvalue weighted by molar-refractivity contribution is 6.03. The fraction of sp³-hybridized carbons (Fsp3) is 0.417. The number of rotatable bonds is 9. The van der Waals surface area contributed by atoms with Crippen molar-refractivity contribution < 1.29 is 24.5 Å². The van der Waals surface area contributed by atoms with E-state index in [2.05, 4.69) is 23.8 Å². The average molecular weight is 424 g/mol. The molecular weight excluding hydrogens is 396 g/mol. The van der Waals surface area contributed by atoms with Crippen molar-refractivity contribution in [3.05, 3.63) is 47.5 Å². The molecule has 0 saturated carbocycles. The largest absolute Gasteiger partial charge is 0.481 e. The second-order valence-electron chi connectivity index (χ2n) is 8.17. The highest BCUT2D eigenvalue weighted by Crippen LogP contribution is 2.32. The lowest BCUT2D eigenvalue weighted by Gasteiger charge is -2.21. The van der Waals surface area contributed by atoms with Gasteiger partial charge in [0, 0.05) is 5.56 Å². The van der Waals surface area contributed by atoms with Gasteiger partial charge in [-0.25, -0.2) is 14.8 Å². The maximum Gasteiger partial charge on any atom is 0.340 e. The Labute approximate surface area is 181 Å². The number of carbonyl (C=O) groups is 2. The molecule has 164 valence electrons. The number of carboxylic acid groups (broad SMARTS) is 1. The number of aliphatic carboxylic acids is 1. The summed E-state index contributed by atoms with van der Waals surface area (Å²) in [6.45, 7) is 4.27. The molecule has 31 heavy (non-hydrogen) atoms. The van der Waals surface area contributed by atoms with Crippen molar-refractivity contribution in [3.8, 4) is 0 Å². The van der Waals surface area contributed by atoms with Gasteiger partial charge in [-0.3, -0.25) is 4.79 Å². The van der Waals surface area contributed by atoms with E-state index >= 15 is 0 Å². The number of esters is 1. The standard InChI is InChI=1S/C24H28N2O5/c1-14(2)8-4-5-9-17(23(28)29)22(27)15-10-6-12-18-20(15)25-19-13-7-11-16(21(19)26-18)24(30)31-3/h6-7,10-14,17,22,27H,4-5,8-9H2,1-3H3,(H,28,29). The first kappa shape index (κ1) is 22.6. The Hall–Kier alpha value is -3.06. The second-order valence-corrected chi connectivity index (χ2v) is 8.17. The third kappa shape index (κ3) is 4.99. The molecule has 0 spiro atoms. The first-order valence-corrected chi connectivity index (χ1v) is 10.5. The number of aliphatic hydroxyl groups is 1. The van der Waals surface area contributed by atoms with Crippen molar-refractivity contribution in [2.45, 2.75) is 45.6 Å². The minimum absolute atomic E-state index is 0.300. The zero-order valence-electron chi connectivity index (χ0n) is 18.0. The van der Waals surface area contributed by atoms with Crippen molar-refractivity contribution in [1.82, 2.24) is 9.97 Å². The summed E-state index contributed by atoms with van der Waals surface area (Å²) >= 11 is 0. The normalized spacial score (nSPS) is 13.5. The minimum atomic E-state index is -1.21. The Kier molecular flexibility index (Phi) is 7.17. The van der Waals surface area contributed by atoms with Crippen LogP contribution in [0.2, 0.25) is 0 Å². The number of aliphatic hydroxyl groups excluding tert-OH is 1. The van der Waals surface area contributed by atoms with Crippen LogP contribution < -0.4 is 0 Å². The average Bonchev–Trinajstić information content (AvgIpc) is 2.75. The lowest BCUT2D eigenvalue weighted by molar-refractivity contribution is -0.146. The number of hydrogen-bond acceptors (Lipinski definition) is 6. The number of carboxylic acids is 1. The van der Waals surface area contributed by atoms with Crippen LogP contribution in [0.4, 0.5) is 0 Å². The van der Waals surface area contributed by atoms with Gasteiger partial charge in [-0.2, -0.15) is 0 Å². The first-order valence-electron chi connectivity index (χ1n) is 10.5. The van der Waals surface area contributed by atoms with Crippen molar-refractivity contribution in [2.24, 2.45) is 11.8 Å². The fourth-order valence-corrected chi connectivity index (χ4v) is 3.80. The van der Waals surface area contributed by atoms with Gasteiger partial charge in [-0.1, -0.05) is 51.3 Å². The molecule has 3 rings (SSSR count). The number of aromatic nitrogens is 2. The summed E-state index contributed by atoms with van der Waals surface area (Å²) in [4.78, 5) is 33.2. The molecule has 0 radical (unpaired) electrons. The van der Waals surface area contributed by atoms with Crippen molar-refractivity contribution >= 4 is 34.0 Å². The lowest BCUT2D eigenvalue weighted by Crippen LogP contribution is -2.22. The molecule has 0 fully saturated rings. The van der Waals surface area contributed by atoms with Gasteiger partial charge in [0.15, 0.2) is 0 Å². The summed E-state index contributed by atoms with van der Waals surface area (Å²) in [6, 6.07) is 10.1. The molecule has 1 heterocycles. The number of hydrogen-bond donors (Lipinski definition) is 2. The molecule has 0 bridgehead atoms. The van der Waals surface area contributed by atoms with Crippen LogP contribution in [0.3, 0.4) is 0 Å². The van der Waals surface area contributed by atoms with Crippen molar-refractivity contribution in [2.75, 3.05) is 7.11 Å². The summed E-state index contributed by atoms with van der Waals surface area (Å²) in [5, 5.41) is 20.7. The number of unbranched alkanes of at least 4 members (excludes halogenated alkanes) is 1. The minimum Gasteiger partial charge on any atom is -0.481 e. The predicted octanol–water partition coefficient (Wildman–Crippen LogP) is 4.52. The Bertz CT molecular complexity index is 1100. The summed E-state index contributed by atoms with van der Waals surface area (Å²) in [5.74, 6) is -1.92. The van der Waals surface area contributed by atoms with Gasteiger partial charge >= 0.3 is 11.9 Å². The third-order valence-corrected chi connectivity index (χ3v) is 5.49. The van der Waals surface area contributed by atoms with E-state index in [4.69, 9.17) is 4.74 Å². The number of fused-ring (bicyclic) bond motifs is 2. The molecule has 2 unspecified atom stereocenters. The smallest absolute Gasteiger partial charge is 0.340 e. The molecule has 2 N–H and O–H groups in total. The highest BCUT2D eigenvalue weighted by atomic mass is 16.5. The highest BCUT2D eigenvalue weighted by Gasteiger charge is 2.29. The van der Waals surface area contributed by atoms with Crippen LogP contribution in [-0.2, 0) is 9.53 Å². The quantitative estimate of drug-likeness (QED) is 0.295. The lowest BCUT2D eigenvalue weighted by atomic mass is 9.89. The number of ether oxygens (including phenoxy) is 1. The Balaban J connectivity index is 2.00. The maximum absolute atomic E-state index is 12.1. The number of methoxy groups -OCH3 is 1. The number of benzene rings is 2. The summed E-state index contributed by atoms with van der Waals surface area (Å²) in [5.41, 5.74) is 2.50. The number of para-hydroxylation sites is 2. The molecular formula is C24H28N2O5. The SMILES string of the molecule is COC(=O)c1cccc2nc3c(C(O)C(CCCCC(C)C)C(=O)O)cccc3nc12. The molecule has 2 aromatic carbocycles. The topological polar surface area (TPSA) is 110 Å². The van der Waals surface area contributed by atoms with Crippen LogP contribution in [0.15, 0.2) is 36.4 Å². The molecule has 0 aliphatic heterocycles. The van der Waals surface area contributed by atoms with Crippen LogP contribution in [0.5, 0.6) is 0 Å². The zero-order valence-corrected chi connectivity index (χ0v) is 18.0. The molecule has 2 atom stereocenters. The molecule has 0 amide bonds. The van der Waals surface area contributed by atoms with E-state index < -0.39 is 24.0 Å². The van der Waals surface area contributed by atoms with Crippen molar-refractivity contribution in [1.29, 1.82) is 0 Å². The van der Waals surface area contributed by atoms with E-state index in [1.807, 2.05) is 0 Å². The van der Waals surface area contributed by atoms with Gasteiger partial charge in [0.2, 0.25) is 0 Å². The number of nitrogens with zero attached hydrogens (tertiary/aromatic N) is 2. The third-order valence-electron chi connectivity index (χ3n) is 5.49. The van der Waals surface area contributed by atoms with Crippen LogP contribution in [0, 0.1) is 11.8 Å². The summed E-state index contributed by atoms with van der Waals surface area (Å²) in [7, 11) is 1.30. The van der Waals surface area contributed by atoms with Crippen molar-refractivity contribution in [3.63, 3.8) is 0 Å². The van der Waals surface area contributed by atoms with Crippen LogP contribution >= 0.6 is 0 Å². The van der Waals surface area contributed by atoms with Crippen LogP contribution in [0.25, 0.3) is 22.1 Å². The Morgan fingerprint density at radius 3 is 2.23 bits per heavy atom. The molecule has 0 aliphatic carbocycles. The van der Waals surface area contributed by atoms with Gasteiger partial charge < -0.3 is 14.9 Å². The van der Waals surface area contributed by atoms with E-state index in [-0.39, 0.29) is 0 Å². The molecule has 0 saturated heterocycles. The number of carbonyl (C=O) groups excluding carboxylic acids is 1. The van der Waals surface area contributed by atoms with Gasteiger partial charge in [0.05, 0.1) is 41.2 Å². The summed E-state index contributed by atoms with van der Waals surface area (Å²) < 4.78 is 4.83. The van der Waals surface area contributed by atoms with E-state index in [1.54, 1.807) is 36.4 Å². The fourth-order valence-electron chi connectivity index (χ4n) is 3.80. The van der Waals surface area contributed by atoms with Crippen LogP contribution in [0.1, 0.15) is 61.6 Å². The Morgan fingerprint density at radius 1 is 0.968 bits per heavy atom. The maximum atomic E-state index is 12.1. The predicted molar refractivity (Wildman–Crippen MR) is 118 cm³/mol. The van der Waals surface area contributed by atoms with Gasteiger partial charge in [-0.05, 0) is 30.5 Å². The molecule has 7 heteroatoms. The van der Waals surface area contributed by atoms with E-state index in [9.17, 15) is 19.8 Å². The first-order chi connectivity index (χ1) is 14.8. The zero-order chi connectivity index (χ0) is 22.5. The molecule has 3 aromatic rings. The van der Waals surface area contributed by atoms with E-state index in [0.29, 0.717) is 45.5 Å². The molecule has 1 aromatic heterocycles. The molecule has 0 aliphatic rings. The van der Waals surface area contributed by atoms with E-state index in [0.717, 1.165) is 19.3 Å². The van der Waals surface area contributed by atoms with E-state index in [1.165, 1.54) is 7.11 Å². The second kappa shape index (κ2) is 9.83. The van der Waals surface area contributed by atoms with Gasteiger partial charge in [0.1, 0.15) is 5.52 Å². The Morgan fingerprint density at radius 2 is 1.58 bits per heavy atom. The van der Waals surface area contributed by atoms with Gasteiger partial charge in [-0.15, -0.1) is 0 Å². The van der Waals surface area contributed by atoms with Crippen LogP contribution in [-0.4, -0.2) is 39.2 Å². The molecule has 7 nitrogen and oxygen atoms in total. The summed E-state index contributed by atoms with van der Waals surface area (Å²) in [6.07, 6.45) is 1.85.